The zero-order chi connectivity index (χ0) is 20.8. The molecule has 2 aromatic heterocycles. The van der Waals surface area contributed by atoms with Gasteiger partial charge in [-0.3, -0.25) is 9.48 Å². The molecule has 2 aliphatic rings. The van der Waals surface area contributed by atoms with Crippen LogP contribution in [0.1, 0.15) is 57.2 Å². The average molecular weight is 551 g/mol. The third kappa shape index (κ3) is 5.70. The monoisotopic (exact) mass is 550 g/mol. The van der Waals surface area contributed by atoms with Gasteiger partial charge in [-0.15, -0.1) is 11.3 Å². The lowest BCUT2D eigenvalue weighted by Crippen LogP contribution is -2.49. The van der Waals surface area contributed by atoms with Crippen molar-refractivity contribution >= 4 is 57.2 Å². The van der Waals surface area contributed by atoms with Gasteiger partial charge < -0.3 is 4.90 Å². The summed E-state index contributed by atoms with van der Waals surface area (Å²) in [5.74, 6) is 0.954. The molecule has 0 aromatic carbocycles. The molecule has 0 N–H and O–H groups in total. The number of halogens is 1. The second kappa shape index (κ2) is 11.3. The zero-order valence-corrected chi connectivity index (χ0v) is 21.0. The van der Waals surface area contributed by atoms with Crippen LogP contribution < -0.4 is 0 Å². The lowest BCUT2D eigenvalue weighted by Gasteiger charge is -2.44. The van der Waals surface area contributed by atoms with E-state index in [-0.39, 0.29) is 11.6 Å². The molecule has 1 aliphatic carbocycles. The molecule has 8 heteroatoms. The Morgan fingerprint density at radius 1 is 1.39 bits per heavy atom. The first-order chi connectivity index (χ1) is 14.0. The predicted octanol–water partition coefficient (Wildman–Crippen LogP) is 6.68. The van der Waals surface area contributed by atoms with Crippen molar-refractivity contribution in [1.29, 1.82) is 0 Å². The summed E-state index contributed by atoms with van der Waals surface area (Å²) in [4.78, 5) is 16.3. The summed E-state index contributed by atoms with van der Waals surface area (Å²) in [7, 11) is 5.08. The lowest BCUT2D eigenvalue weighted by atomic mass is 9.78. The van der Waals surface area contributed by atoms with Crippen LogP contribution in [0.3, 0.4) is 0 Å². The quantitative estimate of drug-likeness (QED) is 0.315. The number of thiophene rings is 1. The van der Waals surface area contributed by atoms with Crippen molar-refractivity contribution < 1.29 is 6.17 Å². The molecular formula is C20H28IN3OS3. The minimum Gasteiger partial charge on any atom is -0.335 e. The van der Waals surface area contributed by atoms with Gasteiger partial charge in [-0.25, -0.2) is 0 Å². The van der Waals surface area contributed by atoms with Crippen molar-refractivity contribution in [2.75, 3.05) is 12.3 Å². The van der Waals surface area contributed by atoms with Crippen LogP contribution in [0, 0.1) is 5.92 Å². The standard InChI is InChI=1S/C18H23N3OS.C2H5IS2/c1-20-10-8-15(19-20)17-11-14(12-23-17)18(22)21-9-4-6-13-5-2-3-7-16(13)21;1-2-4-5-3/h8,10-13,16H,2-7,9H2,1H3;2H2,1H3/i;2D. The molecule has 4 rings (SSSR count). The van der Waals surface area contributed by atoms with Gasteiger partial charge in [0.15, 0.2) is 0 Å². The fraction of sp³-hybridized carbons (Fsp3) is 0.600. The molecule has 1 saturated carbocycles. The second-order valence-corrected chi connectivity index (χ2v) is 13.1. The lowest BCUT2D eigenvalue weighted by molar-refractivity contribution is 0.0391. The first kappa shape index (κ1) is 21.1. The number of aryl methyl sites for hydroxylation is 1. The number of rotatable bonds is 4. The van der Waals surface area contributed by atoms with Crippen molar-refractivity contribution in [3.8, 4) is 10.6 Å². The maximum Gasteiger partial charge on any atom is 0.254 e. The van der Waals surface area contributed by atoms with E-state index >= 15 is 0 Å². The molecule has 28 heavy (non-hydrogen) atoms. The van der Waals surface area contributed by atoms with E-state index in [0.29, 0.717) is 6.04 Å². The average Bonchev–Trinajstić information content (AvgIpc) is 3.36. The predicted molar refractivity (Wildman–Crippen MR) is 132 cm³/mol. The van der Waals surface area contributed by atoms with Crippen molar-refractivity contribution in [2.45, 2.75) is 51.5 Å². The van der Waals surface area contributed by atoms with Gasteiger partial charge in [0.1, 0.15) is 5.69 Å². The van der Waals surface area contributed by atoms with Gasteiger partial charge in [0.05, 0.1) is 10.4 Å². The first-order valence-electron chi connectivity index (χ1n) is 10.3. The molecule has 3 heterocycles. The van der Waals surface area contributed by atoms with E-state index in [2.05, 4.69) is 31.2 Å². The van der Waals surface area contributed by atoms with E-state index in [1.807, 2.05) is 37.7 Å². The molecule has 2 fully saturated rings. The van der Waals surface area contributed by atoms with E-state index in [0.717, 1.165) is 35.0 Å². The minimum absolute atomic E-state index is 0.0203. The summed E-state index contributed by atoms with van der Waals surface area (Å²) in [6.07, 6.45) is 9.50. The largest absolute Gasteiger partial charge is 0.335 e. The van der Waals surface area contributed by atoms with E-state index < -0.39 is 0 Å². The summed E-state index contributed by atoms with van der Waals surface area (Å²) in [6, 6.07) is 4.49. The van der Waals surface area contributed by atoms with Gasteiger partial charge in [0, 0.05) is 59.5 Å². The molecule has 0 bridgehead atoms. The second-order valence-electron chi connectivity index (χ2n) is 7.22. The Labute approximate surface area is 193 Å². The SMILES string of the molecule is Cn1ccc(-c2cc(C(=O)N3CCCC4CCCCC43)cs2)n1.[2H]C(C)SSI. The number of carbonyl (C=O) groups is 1. The maximum atomic E-state index is 13.0. The third-order valence-corrected chi connectivity index (χ3v) is 9.33. The molecule has 4 nitrogen and oxygen atoms in total. The van der Waals surface area contributed by atoms with E-state index in [1.54, 1.807) is 34.8 Å². The molecule has 3 unspecified atom stereocenters. The third-order valence-electron chi connectivity index (χ3n) is 5.45. The minimum atomic E-state index is 0.0203. The molecule has 1 saturated heterocycles. The summed E-state index contributed by atoms with van der Waals surface area (Å²) in [5.41, 5.74) is 1.81. The molecule has 2 aromatic rings. The number of aromatic nitrogens is 2. The highest BCUT2D eigenvalue weighted by molar-refractivity contribution is 14.2. The summed E-state index contributed by atoms with van der Waals surface area (Å²) >= 11 is 3.78. The van der Waals surface area contributed by atoms with Gasteiger partial charge in [0.2, 0.25) is 0 Å². The highest BCUT2D eigenvalue weighted by atomic mass is 127. The number of hydrogen-bond donors (Lipinski definition) is 0. The van der Waals surface area contributed by atoms with Crippen LogP contribution in [0.15, 0.2) is 23.7 Å². The van der Waals surface area contributed by atoms with Crippen LogP contribution in [0.2, 0.25) is 0 Å². The number of carbonyl (C=O) groups excluding carboxylic acids is 1. The Morgan fingerprint density at radius 2 is 2.18 bits per heavy atom. The summed E-state index contributed by atoms with van der Waals surface area (Å²) in [5, 5.41) is 6.43. The van der Waals surface area contributed by atoms with Gasteiger partial charge in [-0.05, 0) is 51.7 Å². The van der Waals surface area contributed by atoms with Gasteiger partial charge >= 0.3 is 0 Å². The number of amides is 1. The van der Waals surface area contributed by atoms with E-state index in [4.69, 9.17) is 1.37 Å². The van der Waals surface area contributed by atoms with Crippen molar-refractivity contribution in [1.82, 2.24) is 14.7 Å². The Bertz CT molecular complexity index is 796. The van der Waals surface area contributed by atoms with Crippen LogP contribution in [0.5, 0.6) is 0 Å². The fourth-order valence-corrected chi connectivity index (χ4v) is 7.22. The molecular weight excluding hydrogens is 521 g/mol. The van der Waals surface area contributed by atoms with E-state index in [9.17, 15) is 4.79 Å². The smallest absolute Gasteiger partial charge is 0.254 e. The van der Waals surface area contributed by atoms with Crippen LogP contribution >= 0.6 is 51.3 Å². The van der Waals surface area contributed by atoms with Gasteiger partial charge in [0.25, 0.3) is 5.91 Å². The molecule has 3 atom stereocenters. The fourth-order valence-electron chi connectivity index (χ4n) is 4.21. The van der Waals surface area contributed by atoms with Crippen molar-refractivity contribution in [3.63, 3.8) is 0 Å². The number of nitrogens with zero attached hydrogens (tertiary/aromatic N) is 3. The molecule has 0 radical (unpaired) electrons. The van der Waals surface area contributed by atoms with Crippen LogP contribution in [0.4, 0.5) is 0 Å². The topological polar surface area (TPSA) is 38.1 Å². The molecule has 0 spiro atoms. The Balaban J connectivity index is 0.000000353. The first-order valence-corrected chi connectivity index (χ1v) is 15.4. The summed E-state index contributed by atoms with van der Waals surface area (Å²) in [6.45, 7) is 2.78. The van der Waals surface area contributed by atoms with E-state index in [1.165, 1.54) is 32.1 Å². The van der Waals surface area contributed by atoms with Crippen LogP contribution in [0.25, 0.3) is 10.6 Å². The molecule has 154 valence electrons. The van der Waals surface area contributed by atoms with Gasteiger partial charge in [-0.1, -0.05) is 30.6 Å². The Hall–Kier alpha value is -0.190. The highest BCUT2D eigenvalue weighted by Gasteiger charge is 2.36. The number of piperidine rings is 1. The van der Waals surface area contributed by atoms with Crippen molar-refractivity contribution in [2.24, 2.45) is 13.0 Å². The molecule has 1 aliphatic heterocycles. The Morgan fingerprint density at radius 3 is 2.86 bits per heavy atom. The highest BCUT2D eigenvalue weighted by Crippen LogP contribution is 2.36. The zero-order valence-electron chi connectivity index (χ0n) is 17.3. The maximum absolute atomic E-state index is 13.0. The Kier molecular flexibility index (Phi) is 8.48. The summed E-state index contributed by atoms with van der Waals surface area (Å²) < 4.78 is 8.71. The van der Waals surface area contributed by atoms with Crippen LogP contribution in [-0.2, 0) is 7.05 Å². The van der Waals surface area contributed by atoms with Crippen LogP contribution in [-0.4, -0.2) is 38.9 Å². The normalized spacial score (nSPS) is 23.2. The number of fused-ring (bicyclic) bond motifs is 1. The number of likely N-dealkylation sites (tertiary alicyclic amines) is 1. The number of hydrogen-bond acceptors (Lipinski definition) is 5. The van der Waals surface area contributed by atoms with Gasteiger partial charge in [-0.2, -0.15) is 5.10 Å². The molecule has 1 amide bonds. The van der Waals surface area contributed by atoms with Crippen molar-refractivity contribution in [3.05, 3.63) is 29.3 Å².